The number of aliphatic carboxylic acids is 1. The number of hydrogen-bond acceptors (Lipinski definition) is 4. The van der Waals surface area contributed by atoms with Gasteiger partial charge in [-0.3, -0.25) is 9.59 Å². The minimum absolute atomic E-state index is 0.0124. The van der Waals surface area contributed by atoms with Gasteiger partial charge in [0.1, 0.15) is 0 Å². The Bertz CT molecular complexity index is 581. The average molecular weight is 293 g/mol. The summed E-state index contributed by atoms with van der Waals surface area (Å²) in [5.41, 5.74) is -1.09. The summed E-state index contributed by atoms with van der Waals surface area (Å²) in [7, 11) is 0. The first kappa shape index (κ1) is 15.5. The number of aromatic nitrogens is 2. The second-order valence-electron chi connectivity index (χ2n) is 6.80. The van der Waals surface area contributed by atoms with Crippen LogP contribution in [0.25, 0.3) is 0 Å². The standard InChI is InChI=1S/C15H23N3O3/c1-14(2,3)18-9-8-16-12(13(18)21)17-15(10-11(19)20)6-4-5-7-15/h8-9H,4-7,10H2,1-3H3,(H,16,17)(H,19,20). The van der Waals surface area contributed by atoms with Crippen LogP contribution in [0, 0.1) is 0 Å². The predicted molar refractivity (Wildman–Crippen MR) is 80.6 cm³/mol. The van der Waals surface area contributed by atoms with Crippen LogP contribution in [-0.4, -0.2) is 26.2 Å². The van der Waals surface area contributed by atoms with Crippen molar-refractivity contribution in [3.05, 3.63) is 22.7 Å². The lowest BCUT2D eigenvalue weighted by atomic mass is 9.93. The van der Waals surface area contributed by atoms with Gasteiger partial charge >= 0.3 is 5.97 Å². The molecule has 6 nitrogen and oxygen atoms in total. The van der Waals surface area contributed by atoms with Crippen LogP contribution in [0.5, 0.6) is 0 Å². The van der Waals surface area contributed by atoms with E-state index in [4.69, 9.17) is 5.11 Å². The van der Waals surface area contributed by atoms with Crippen molar-refractivity contribution in [1.82, 2.24) is 9.55 Å². The van der Waals surface area contributed by atoms with Crippen molar-refractivity contribution in [2.75, 3.05) is 5.32 Å². The third kappa shape index (κ3) is 3.43. The van der Waals surface area contributed by atoms with Crippen LogP contribution in [0.1, 0.15) is 52.9 Å². The van der Waals surface area contributed by atoms with E-state index in [0.29, 0.717) is 0 Å². The van der Waals surface area contributed by atoms with Gasteiger partial charge in [0.15, 0.2) is 5.82 Å². The summed E-state index contributed by atoms with van der Waals surface area (Å²) < 4.78 is 1.62. The molecule has 0 atom stereocenters. The summed E-state index contributed by atoms with van der Waals surface area (Å²) in [5, 5.41) is 12.3. The topological polar surface area (TPSA) is 84.2 Å². The summed E-state index contributed by atoms with van der Waals surface area (Å²) in [6.07, 6.45) is 6.71. The number of rotatable bonds is 4. The van der Waals surface area contributed by atoms with Gasteiger partial charge in [0, 0.05) is 23.5 Å². The third-order valence-corrected chi connectivity index (χ3v) is 4.00. The molecule has 0 unspecified atom stereocenters. The quantitative estimate of drug-likeness (QED) is 0.889. The van der Waals surface area contributed by atoms with Gasteiger partial charge in [-0.1, -0.05) is 12.8 Å². The van der Waals surface area contributed by atoms with Gasteiger partial charge in [0.05, 0.1) is 6.42 Å². The molecule has 1 fully saturated rings. The molecule has 2 N–H and O–H groups in total. The van der Waals surface area contributed by atoms with Crippen molar-refractivity contribution >= 4 is 11.8 Å². The van der Waals surface area contributed by atoms with Crippen LogP contribution in [-0.2, 0) is 10.3 Å². The molecule has 0 spiro atoms. The average Bonchev–Trinajstić information content (AvgIpc) is 2.78. The third-order valence-electron chi connectivity index (χ3n) is 4.00. The molecular weight excluding hydrogens is 270 g/mol. The second-order valence-corrected chi connectivity index (χ2v) is 6.80. The molecule has 1 aromatic rings. The maximum atomic E-state index is 12.5. The van der Waals surface area contributed by atoms with Crippen molar-refractivity contribution in [1.29, 1.82) is 0 Å². The van der Waals surface area contributed by atoms with Crippen LogP contribution in [0.15, 0.2) is 17.2 Å². The van der Waals surface area contributed by atoms with E-state index < -0.39 is 11.5 Å². The largest absolute Gasteiger partial charge is 0.481 e. The highest BCUT2D eigenvalue weighted by atomic mass is 16.4. The number of carboxylic acids is 1. The number of hydrogen-bond donors (Lipinski definition) is 2. The lowest BCUT2D eigenvalue weighted by Gasteiger charge is -2.30. The maximum Gasteiger partial charge on any atom is 0.305 e. The number of nitrogens with one attached hydrogen (secondary N) is 1. The van der Waals surface area contributed by atoms with Crippen molar-refractivity contribution in [3.63, 3.8) is 0 Å². The highest BCUT2D eigenvalue weighted by Gasteiger charge is 2.37. The lowest BCUT2D eigenvalue weighted by Crippen LogP contribution is -2.42. The van der Waals surface area contributed by atoms with Gasteiger partial charge in [0.25, 0.3) is 5.56 Å². The molecule has 1 saturated carbocycles. The van der Waals surface area contributed by atoms with E-state index in [1.54, 1.807) is 17.0 Å². The molecule has 1 heterocycles. The first-order chi connectivity index (χ1) is 9.73. The Morgan fingerprint density at radius 3 is 2.57 bits per heavy atom. The van der Waals surface area contributed by atoms with Crippen molar-refractivity contribution < 1.29 is 9.90 Å². The molecule has 116 valence electrons. The van der Waals surface area contributed by atoms with Crippen LogP contribution in [0.3, 0.4) is 0 Å². The van der Waals surface area contributed by atoms with E-state index in [2.05, 4.69) is 10.3 Å². The highest BCUT2D eigenvalue weighted by Crippen LogP contribution is 2.35. The minimum Gasteiger partial charge on any atom is -0.481 e. The SMILES string of the molecule is CC(C)(C)n1ccnc(NC2(CC(=O)O)CCCC2)c1=O. The van der Waals surface area contributed by atoms with Crippen molar-refractivity contribution in [2.45, 2.75) is 64.0 Å². The molecule has 1 aromatic heterocycles. The van der Waals surface area contributed by atoms with Gasteiger partial charge in [-0.2, -0.15) is 0 Å². The minimum atomic E-state index is -0.850. The molecule has 2 rings (SSSR count). The molecule has 6 heteroatoms. The summed E-state index contributed by atoms with van der Waals surface area (Å²) in [4.78, 5) is 27.8. The first-order valence-corrected chi connectivity index (χ1v) is 7.32. The van der Waals surface area contributed by atoms with Gasteiger partial charge in [-0.25, -0.2) is 4.98 Å². The summed E-state index contributed by atoms with van der Waals surface area (Å²) in [6, 6.07) is 0. The molecular formula is C15H23N3O3. The fourth-order valence-electron chi connectivity index (χ4n) is 2.96. The number of anilines is 1. The Hall–Kier alpha value is -1.85. The smallest absolute Gasteiger partial charge is 0.305 e. The fourth-order valence-corrected chi connectivity index (χ4v) is 2.96. The van der Waals surface area contributed by atoms with Gasteiger partial charge in [-0.15, -0.1) is 0 Å². The molecule has 21 heavy (non-hydrogen) atoms. The molecule has 0 amide bonds. The van der Waals surface area contributed by atoms with E-state index in [1.165, 1.54) is 0 Å². The normalized spacial score (nSPS) is 17.7. The molecule has 0 radical (unpaired) electrons. The number of carbonyl (C=O) groups is 1. The van der Waals surface area contributed by atoms with Crippen molar-refractivity contribution in [2.24, 2.45) is 0 Å². The van der Waals surface area contributed by atoms with Gasteiger partial charge in [-0.05, 0) is 33.6 Å². The van der Waals surface area contributed by atoms with E-state index in [1.807, 2.05) is 20.8 Å². The Kier molecular flexibility index (Phi) is 4.07. The number of carboxylic acid groups (broad SMARTS) is 1. The first-order valence-electron chi connectivity index (χ1n) is 7.32. The van der Waals surface area contributed by atoms with Gasteiger partial charge in [0.2, 0.25) is 0 Å². The Morgan fingerprint density at radius 2 is 2.05 bits per heavy atom. The van der Waals surface area contributed by atoms with E-state index >= 15 is 0 Å². The Balaban J connectivity index is 2.34. The fraction of sp³-hybridized carbons (Fsp3) is 0.667. The van der Waals surface area contributed by atoms with E-state index in [0.717, 1.165) is 25.7 Å². The monoisotopic (exact) mass is 293 g/mol. The zero-order valence-corrected chi connectivity index (χ0v) is 12.8. The second kappa shape index (κ2) is 5.50. The lowest BCUT2D eigenvalue weighted by molar-refractivity contribution is -0.138. The van der Waals surface area contributed by atoms with Crippen molar-refractivity contribution in [3.8, 4) is 0 Å². The van der Waals surface area contributed by atoms with Crippen LogP contribution in [0.2, 0.25) is 0 Å². The molecule has 1 aliphatic rings. The van der Waals surface area contributed by atoms with Crippen LogP contribution in [0.4, 0.5) is 5.82 Å². The predicted octanol–water partition coefficient (Wildman–Crippen LogP) is 2.20. The zero-order valence-electron chi connectivity index (χ0n) is 12.8. The summed E-state index contributed by atoms with van der Waals surface area (Å²) in [5.74, 6) is -0.605. The summed E-state index contributed by atoms with van der Waals surface area (Å²) >= 11 is 0. The van der Waals surface area contributed by atoms with E-state index in [9.17, 15) is 9.59 Å². The van der Waals surface area contributed by atoms with Gasteiger partial charge < -0.3 is 15.0 Å². The Morgan fingerprint density at radius 1 is 1.43 bits per heavy atom. The molecule has 0 aliphatic heterocycles. The maximum absolute atomic E-state index is 12.5. The number of nitrogens with zero attached hydrogens (tertiary/aromatic N) is 2. The Labute approximate surface area is 124 Å². The molecule has 0 aromatic carbocycles. The van der Waals surface area contributed by atoms with E-state index in [-0.39, 0.29) is 23.3 Å². The zero-order chi connectivity index (χ0) is 15.7. The van der Waals surface area contributed by atoms with Crippen LogP contribution < -0.4 is 10.9 Å². The summed E-state index contributed by atoms with van der Waals surface area (Å²) in [6.45, 7) is 5.84. The molecule has 0 bridgehead atoms. The molecule has 1 aliphatic carbocycles. The molecule has 0 saturated heterocycles. The van der Waals surface area contributed by atoms with Crippen LogP contribution >= 0.6 is 0 Å². The highest BCUT2D eigenvalue weighted by molar-refractivity contribution is 5.69.